The molecule has 146 valence electrons. The molecule has 6 nitrogen and oxygen atoms in total. The fourth-order valence-corrected chi connectivity index (χ4v) is 2.54. The Bertz CT molecular complexity index is 926. The van der Waals surface area contributed by atoms with Crippen molar-refractivity contribution in [3.05, 3.63) is 65.5 Å². The minimum atomic E-state index is -2.92. The number of para-hydroxylation sites is 1. The van der Waals surface area contributed by atoms with E-state index in [9.17, 15) is 13.6 Å². The summed E-state index contributed by atoms with van der Waals surface area (Å²) in [6.07, 6.45) is 0.410. The van der Waals surface area contributed by atoms with Crippen LogP contribution in [-0.4, -0.2) is 22.7 Å². The number of amides is 1. The van der Waals surface area contributed by atoms with Gasteiger partial charge in [-0.2, -0.15) is 13.8 Å². The number of aromatic nitrogens is 2. The monoisotopic (exact) mass is 387 g/mol. The molecule has 0 atom stereocenters. The highest BCUT2D eigenvalue weighted by atomic mass is 19.3. The van der Waals surface area contributed by atoms with Crippen molar-refractivity contribution >= 4 is 5.91 Å². The van der Waals surface area contributed by atoms with Gasteiger partial charge in [-0.3, -0.25) is 4.79 Å². The number of hydrogen-bond acceptors (Lipinski definition) is 5. The van der Waals surface area contributed by atoms with E-state index >= 15 is 0 Å². The number of alkyl halides is 2. The van der Waals surface area contributed by atoms with Crippen molar-refractivity contribution in [1.29, 1.82) is 0 Å². The number of rotatable bonds is 8. The zero-order chi connectivity index (χ0) is 19.9. The number of nitrogens with one attached hydrogen (secondary N) is 1. The average Bonchev–Trinajstić information content (AvgIpc) is 3.15. The van der Waals surface area contributed by atoms with Crippen LogP contribution in [0.2, 0.25) is 0 Å². The third kappa shape index (κ3) is 5.35. The average molecular weight is 387 g/mol. The maximum absolute atomic E-state index is 12.4. The van der Waals surface area contributed by atoms with E-state index in [2.05, 4.69) is 20.2 Å². The van der Waals surface area contributed by atoms with E-state index in [-0.39, 0.29) is 31.0 Å². The number of carbonyl (C=O) groups is 1. The van der Waals surface area contributed by atoms with Crippen LogP contribution in [0.4, 0.5) is 8.78 Å². The highest BCUT2D eigenvalue weighted by Gasteiger charge is 2.12. The Morgan fingerprint density at radius 2 is 1.93 bits per heavy atom. The van der Waals surface area contributed by atoms with Crippen molar-refractivity contribution in [1.82, 2.24) is 15.5 Å². The van der Waals surface area contributed by atoms with Crippen LogP contribution in [0.1, 0.15) is 23.4 Å². The van der Waals surface area contributed by atoms with Gasteiger partial charge in [-0.1, -0.05) is 53.2 Å². The molecule has 0 fully saturated rings. The zero-order valence-electron chi connectivity index (χ0n) is 15.2. The molecule has 1 heterocycles. The third-order valence-corrected chi connectivity index (χ3v) is 4.01. The number of hydrogen-bond donors (Lipinski definition) is 1. The normalized spacial score (nSPS) is 10.9. The van der Waals surface area contributed by atoms with Gasteiger partial charge < -0.3 is 14.6 Å². The Balaban J connectivity index is 1.51. The first kappa shape index (κ1) is 19.5. The summed E-state index contributed by atoms with van der Waals surface area (Å²) in [6.45, 7) is -0.848. The molecule has 8 heteroatoms. The molecule has 28 heavy (non-hydrogen) atoms. The molecule has 0 spiro atoms. The van der Waals surface area contributed by atoms with Crippen molar-refractivity contribution in [2.75, 3.05) is 0 Å². The summed E-state index contributed by atoms with van der Waals surface area (Å²) in [4.78, 5) is 16.3. The Labute approximate surface area is 160 Å². The molecule has 0 saturated heterocycles. The highest BCUT2D eigenvalue weighted by molar-refractivity contribution is 5.76. The molecule has 3 rings (SSSR count). The lowest BCUT2D eigenvalue weighted by Gasteiger charge is -2.11. The van der Waals surface area contributed by atoms with E-state index in [4.69, 9.17) is 4.52 Å². The first-order valence-corrected chi connectivity index (χ1v) is 8.70. The second-order valence-electron chi connectivity index (χ2n) is 6.14. The molecule has 1 aromatic heterocycles. The minimum absolute atomic E-state index is 0.0393. The number of benzene rings is 2. The van der Waals surface area contributed by atoms with Gasteiger partial charge in [-0.25, -0.2) is 0 Å². The summed E-state index contributed by atoms with van der Waals surface area (Å²) in [5.74, 6) is 0.597. The second kappa shape index (κ2) is 9.07. The van der Waals surface area contributed by atoms with Crippen molar-refractivity contribution in [2.45, 2.75) is 32.9 Å². The summed E-state index contributed by atoms with van der Waals surface area (Å²) in [6, 6.07) is 14.0. The molecule has 2 aromatic carbocycles. The van der Waals surface area contributed by atoms with Crippen LogP contribution in [0.5, 0.6) is 5.75 Å². The molecule has 0 aliphatic carbocycles. The summed E-state index contributed by atoms with van der Waals surface area (Å²) >= 11 is 0. The second-order valence-corrected chi connectivity index (χ2v) is 6.14. The van der Waals surface area contributed by atoms with Gasteiger partial charge in [0, 0.05) is 30.5 Å². The van der Waals surface area contributed by atoms with Crippen LogP contribution in [0, 0.1) is 6.92 Å². The van der Waals surface area contributed by atoms with Crippen molar-refractivity contribution < 1.29 is 22.8 Å². The van der Waals surface area contributed by atoms with Gasteiger partial charge in [0.05, 0.1) is 0 Å². The Morgan fingerprint density at radius 3 is 2.68 bits per heavy atom. The molecule has 0 saturated carbocycles. The Morgan fingerprint density at radius 1 is 1.18 bits per heavy atom. The predicted octanol–water partition coefficient (Wildman–Crippen LogP) is 3.90. The Hall–Kier alpha value is -3.29. The lowest BCUT2D eigenvalue weighted by Crippen LogP contribution is -2.23. The molecular formula is C20H19F2N3O3. The molecule has 0 radical (unpaired) electrons. The van der Waals surface area contributed by atoms with E-state index in [0.717, 1.165) is 11.1 Å². The largest absolute Gasteiger partial charge is 0.434 e. The van der Waals surface area contributed by atoms with Crippen LogP contribution < -0.4 is 10.1 Å². The summed E-state index contributed by atoms with van der Waals surface area (Å²) in [7, 11) is 0. The van der Waals surface area contributed by atoms with Crippen molar-refractivity contribution in [3.63, 3.8) is 0 Å². The van der Waals surface area contributed by atoms with E-state index < -0.39 is 6.61 Å². The Kier molecular flexibility index (Phi) is 6.31. The molecular weight excluding hydrogens is 368 g/mol. The first-order chi connectivity index (χ1) is 13.5. The number of ether oxygens (including phenoxy) is 1. The van der Waals surface area contributed by atoms with E-state index in [1.807, 2.05) is 31.2 Å². The molecule has 0 unspecified atom stereocenters. The van der Waals surface area contributed by atoms with Crippen LogP contribution in [0.15, 0.2) is 53.1 Å². The van der Waals surface area contributed by atoms with Gasteiger partial charge in [0.15, 0.2) is 0 Å². The highest BCUT2D eigenvalue weighted by Crippen LogP contribution is 2.20. The fourth-order valence-electron chi connectivity index (χ4n) is 2.54. The topological polar surface area (TPSA) is 77.2 Å². The number of halogens is 2. The molecule has 0 aliphatic rings. The van der Waals surface area contributed by atoms with E-state index in [1.54, 1.807) is 18.2 Å². The van der Waals surface area contributed by atoms with Crippen molar-refractivity contribution in [2.24, 2.45) is 0 Å². The quantitative estimate of drug-likeness (QED) is 0.634. The number of nitrogens with zero attached hydrogens (tertiary/aromatic N) is 2. The van der Waals surface area contributed by atoms with Gasteiger partial charge in [0.1, 0.15) is 5.75 Å². The van der Waals surface area contributed by atoms with Crippen LogP contribution in [0.25, 0.3) is 11.4 Å². The molecule has 1 amide bonds. The SMILES string of the molecule is Cc1ccc(-c2noc(CCC(=O)NCc3ccccc3OC(F)F)n2)cc1. The predicted molar refractivity (Wildman–Crippen MR) is 97.7 cm³/mol. The van der Waals surface area contributed by atoms with E-state index in [1.165, 1.54) is 6.07 Å². The maximum atomic E-state index is 12.4. The zero-order valence-corrected chi connectivity index (χ0v) is 15.2. The van der Waals surface area contributed by atoms with E-state index in [0.29, 0.717) is 17.3 Å². The minimum Gasteiger partial charge on any atom is -0.434 e. The third-order valence-electron chi connectivity index (χ3n) is 4.01. The molecule has 0 bridgehead atoms. The molecule has 0 aliphatic heterocycles. The van der Waals surface area contributed by atoms with Crippen molar-refractivity contribution in [3.8, 4) is 17.1 Å². The van der Waals surface area contributed by atoms with Crippen LogP contribution in [-0.2, 0) is 17.8 Å². The first-order valence-electron chi connectivity index (χ1n) is 8.70. The molecule has 3 aromatic rings. The molecule has 1 N–H and O–H groups in total. The maximum Gasteiger partial charge on any atom is 0.387 e. The lowest BCUT2D eigenvalue weighted by molar-refractivity contribution is -0.121. The van der Waals surface area contributed by atoms with Gasteiger partial charge >= 0.3 is 6.61 Å². The standard InChI is InChI=1S/C20H19F2N3O3/c1-13-6-8-14(9-7-13)19-24-18(28-25-19)11-10-17(26)23-12-15-4-2-3-5-16(15)27-20(21)22/h2-9,20H,10-12H2,1H3,(H,23,26). The van der Waals surface area contributed by atoms with Gasteiger partial charge in [0.25, 0.3) is 0 Å². The fraction of sp³-hybridized carbons (Fsp3) is 0.250. The van der Waals surface area contributed by atoms with Gasteiger partial charge in [0.2, 0.25) is 17.6 Å². The summed E-state index contributed by atoms with van der Waals surface area (Å²) in [5.41, 5.74) is 2.43. The van der Waals surface area contributed by atoms with Gasteiger partial charge in [-0.15, -0.1) is 0 Å². The van der Waals surface area contributed by atoms with Crippen LogP contribution in [0.3, 0.4) is 0 Å². The number of carbonyl (C=O) groups excluding carboxylic acids is 1. The summed E-state index contributed by atoms with van der Waals surface area (Å²) < 4.78 is 34.5. The number of aryl methyl sites for hydroxylation is 2. The van der Waals surface area contributed by atoms with Gasteiger partial charge in [-0.05, 0) is 13.0 Å². The lowest BCUT2D eigenvalue weighted by atomic mass is 10.1. The van der Waals surface area contributed by atoms with Crippen LogP contribution >= 0.6 is 0 Å². The summed E-state index contributed by atoms with van der Waals surface area (Å²) in [5, 5.41) is 6.60. The smallest absolute Gasteiger partial charge is 0.387 e.